The van der Waals surface area contributed by atoms with E-state index in [-0.39, 0.29) is 0 Å². The lowest BCUT2D eigenvalue weighted by atomic mass is 9.93. The van der Waals surface area contributed by atoms with Crippen molar-refractivity contribution < 1.29 is 9.53 Å². The third-order valence-corrected chi connectivity index (χ3v) is 2.48. The first kappa shape index (κ1) is 9.68. The molecule has 0 aliphatic carbocycles. The maximum atomic E-state index is 10.8. The van der Waals surface area contributed by atoms with E-state index in [1.165, 1.54) is 0 Å². The number of aldehydes is 1. The molecule has 0 atom stereocenters. The smallest absolute Gasteiger partial charge is 0.151 e. The molecule has 0 aromatic heterocycles. The van der Waals surface area contributed by atoms with Crippen molar-refractivity contribution in [2.75, 3.05) is 26.7 Å². The van der Waals surface area contributed by atoms with Crippen LogP contribution in [-0.4, -0.2) is 43.5 Å². The number of nitrogens with zero attached hydrogens (tertiary/aromatic N) is 1. The topological polar surface area (TPSA) is 29.5 Å². The fourth-order valence-electron chi connectivity index (χ4n) is 1.58. The molecule has 0 unspecified atom stereocenters. The van der Waals surface area contributed by atoms with Gasteiger partial charge < -0.3 is 14.4 Å². The summed E-state index contributed by atoms with van der Waals surface area (Å²) < 4.78 is 5.47. The molecule has 1 fully saturated rings. The summed E-state index contributed by atoms with van der Waals surface area (Å²) in [4.78, 5) is 13.1. The van der Waals surface area contributed by atoms with Crippen LogP contribution in [0.2, 0.25) is 0 Å². The molecule has 0 spiro atoms. The Morgan fingerprint density at radius 3 is 2.50 bits per heavy atom. The molecular weight excluding hydrogens is 154 g/mol. The minimum atomic E-state index is -0.471. The number of carbonyl (C=O) groups is 1. The van der Waals surface area contributed by atoms with Gasteiger partial charge in [0, 0.05) is 19.7 Å². The van der Waals surface area contributed by atoms with Gasteiger partial charge in [0.25, 0.3) is 0 Å². The van der Waals surface area contributed by atoms with E-state index in [0.29, 0.717) is 6.61 Å². The molecule has 0 amide bonds. The van der Waals surface area contributed by atoms with Gasteiger partial charge in [0.1, 0.15) is 5.60 Å². The molecule has 0 N–H and O–H groups in total. The minimum absolute atomic E-state index is 0.471. The quantitative estimate of drug-likeness (QED) is 0.585. The first-order chi connectivity index (χ1) is 5.72. The van der Waals surface area contributed by atoms with Gasteiger partial charge in [-0.25, -0.2) is 0 Å². The predicted octanol–water partition coefficient (Wildman–Crippen LogP) is 0.686. The van der Waals surface area contributed by atoms with Gasteiger partial charge in [0.2, 0.25) is 0 Å². The highest BCUT2D eigenvalue weighted by Gasteiger charge is 2.33. The Morgan fingerprint density at radius 2 is 2.08 bits per heavy atom. The number of likely N-dealkylation sites (tertiary alicyclic amines) is 1. The summed E-state index contributed by atoms with van der Waals surface area (Å²) in [7, 11) is 2.07. The maximum Gasteiger partial charge on any atom is 0.151 e. The summed E-state index contributed by atoms with van der Waals surface area (Å²) in [6, 6.07) is 0. The molecule has 1 rings (SSSR count). The van der Waals surface area contributed by atoms with Gasteiger partial charge in [-0.2, -0.15) is 0 Å². The van der Waals surface area contributed by atoms with E-state index in [4.69, 9.17) is 4.74 Å². The molecule has 0 saturated carbocycles. The van der Waals surface area contributed by atoms with Crippen molar-refractivity contribution in [2.24, 2.45) is 0 Å². The highest BCUT2D eigenvalue weighted by Crippen LogP contribution is 2.23. The third-order valence-electron chi connectivity index (χ3n) is 2.48. The van der Waals surface area contributed by atoms with Crippen molar-refractivity contribution >= 4 is 6.29 Å². The lowest BCUT2D eigenvalue weighted by molar-refractivity contribution is -0.137. The van der Waals surface area contributed by atoms with E-state index < -0.39 is 5.60 Å². The Labute approximate surface area is 73.7 Å². The molecule has 3 heteroatoms. The number of piperidine rings is 1. The fraction of sp³-hybridized carbons (Fsp3) is 0.889. The lowest BCUT2D eigenvalue weighted by Gasteiger charge is -2.36. The van der Waals surface area contributed by atoms with Crippen LogP contribution in [0.4, 0.5) is 0 Å². The van der Waals surface area contributed by atoms with Crippen LogP contribution >= 0.6 is 0 Å². The maximum absolute atomic E-state index is 10.8. The first-order valence-corrected chi connectivity index (χ1v) is 4.51. The zero-order valence-corrected chi connectivity index (χ0v) is 7.88. The Balaban J connectivity index is 2.50. The minimum Gasteiger partial charge on any atom is -0.368 e. The van der Waals surface area contributed by atoms with Gasteiger partial charge in [0.15, 0.2) is 6.29 Å². The van der Waals surface area contributed by atoms with Crippen LogP contribution in [0.25, 0.3) is 0 Å². The Bertz CT molecular complexity index is 151. The summed E-state index contributed by atoms with van der Waals surface area (Å²) in [6.45, 7) is 4.48. The summed E-state index contributed by atoms with van der Waals surface area (Å²) >= 11 is 0. The molecule has 0 bridgehead atoms. The highest BCUT2D eigenvalue weighted by molar-refractivity contribution is 5.62. The molecule has 0 aromatic rings. The summed E-state index contributed by atoms with van der Waals surface area (Å²) in [5, 5.41) is 0. The molecular formula is C9H17NO2. The van der Waals surface area contributed by atoms with E-state index in [1.807, 2.05) is 6.92 Å². The second-order valence-corrected chi connectivity index (χ2v) is 3.42. The van der Waals surface area contributed by atoms with Crippen LogP contribution in [-0.2, 0) is 9.53 Å². The molecule has 1 heterocycles. The number of rotatable bonds is 3. The van der Waals surface area contributed by atoms with Gasteiger partial charge >= 0.3 is 0 Å². The molecule has 1 aliphatic heterocycles. The molecule has 12 heavy (non-hydrogen) atoms. The average molecular weight is 171 g/mol. The van der Waals surface area contributed by atoms with Gasteiger partial charge in [0.05, 0.1) is 0 Å². The molecule has 3 nitrogen and oxygen atoms in total. The van der Waals surface area contributed by atoms with Gasteiger partial charge in [-0.1, -0.05) is 0 Å². The van der Waals surface area contributed by atoms with Crippen LogP contribution in [0, 0.1) is 0 Å². The molecule has 70 valence electrons. The van der Waals surface area contributed by atoms with E-state index in [2.05, 4.69) is 11.9 Å². The van der Waals surface area contributed by atoms with Gasteiger partial charge in [-0.15, -0.1) is 0 Å². The second kappa shape index (κ2) is 4.01. The van der Waals surface area contributed by atoms with Crippen LogP contribution < -0.4 is 0 Å². The van der Waals surface area contributed by atoms with E-state index >= 15 is 0 Å². The van der Waals surface area contributed by atoms with Crippen LogP contribution in [0.1, 0.15) is 19.8 Å². The lowest BCUT2D eigenvalue weighted by Crippen LogP contribution is -2.45. The van der Waals surface area contributed by atoms with E-state index in [9.17, 15) is 4.79 Å². The summed E-state index contributed by atoms with van der Waals surface area (Å²) in [5.41, 5.74) is -0.471. The monoisotopic (exact) mass is 171 g/mol. The largest absolute Gasteiger partial charge is 0.368 e. The zero-order valence-electron chi connectivity index (χ0n) is 7.88. The number of ether oxygens (including phenoxy) is 1. The fourth-order valence-corrected chi connectivity index (χ4v) is 1.58. The van der Waals surface area contributed by atoms with Gasteiger partial charge in [-0.05, 0) is 26.8 Å². The normalized spacial score (nSPS) is 23.8. The van der Waals surface area contributed by atoms with E-state index in [0.717, 1.165) is 32.2 Å². The second-order valence-electron chi connectivity index (χ2n) is 3.42. The molecule has 1 saturated heterocycles. The van der Waals surface area contributed by atoms with Crippen LogP contribution in [0.5, 0.6) is 0 Å². The predicted molar refractivity (Wildman–Crippen MR) is 47.2 cm³/mol. The number of carbonyl (C=O) groups excluding carboxylic acids is 1. The summed E-state index contributed by atoms with van der Waals surface area (Å²) in [5.74, 6) is 0. The van der Waals surface area contributed by atoms with Crippen molar-refractivity contribution in [3.63, 3.8) is 0 Å². The summed E-state index contributed by atoms with van der Waals surface area (Å²) in [6.07, 6.45) is 2.64. The third kappa shape index (κ3) is 2.05. The molecule has 0 aromatic carbocycles. The highest BCUT2D eigenvalue weighted by atomic mass is 16.5. The zero-order chi connectivity index (χ0) is 9.03. The number of hydrogen-bond acceptors (Lipinski definition) is 3. The van der Waals surface area contributed by atoms with Crippen molar-refractivity contribution in [3.8, 4) is 0 Å². The van der Waals surface area contributed by atoms with Crippen LogP contribution in [0.15, 0.2) is 0 Å². The van der Waals surface area contributed by atoms with Crippen molar-refractivity contribution in [1.29, 1.82) is 0 Å². The molecule has 1 aliphatic rings. The Hall–Kier alpha value is -0.410. The average Bonchev–Trinajstić information content (AvgIpc) is 2.10. The van der Waals surface area contributed by atoms with E-state index in [1.54, 1.807) is 0 Å². The van der Waals surface area contributed by atoms with Crippen molar-refractivity contribution in [1.82, 2.24) is 4.90 Å². The molecule has 0 radical (unpaired) electrons. The van der Waals surface area contributed by atoms with Crippen LogP contribution in [0.3, 0.4) is 0 Å². The van der Waals surface area contributed by atoms with Crippen molar-refractivity contribution in [2.45, 2.75) is 25.4 Å². The number of hydrogen-bond donors (Lipinski definition) is 0. The SMILES string of the molecule is CCOC1(C=O)CCN(C)CC1. The standard InChI is InChI=1S/C9H17NO2/c1-3-12-9(8-11)4-6-10(2)7-5-9/h8H,3-7H2,1-2H3. The van der Waals surface area contributed by atoms with Gasteiger partial charge in [-0.3, -0.25) is 0 Å². The first-order valence-electron chi connectivity index (χ1n) is 4.51. The Kier molecular flexibility index (Phi) is 3.23. The van der Waals surface area contributed by atoms with Crippen molar-refractivity contribution in [3.05, 3.63) is 0 Å². The Morgan fingerprint density at radius 1 is 1.50 bits per heavy atom.